The Hall–Kier alpha value is -0.590. The van der Waals surface area contributed by atoms with Crippen molar-refractivity contribution in [3.05, 3.63) is 28.8 Å². The van der Waals surface area contributed by atoms with Gasteiger partial charge in [0.1, 0.15) is 0 Å². The molecule has 14 heavy (non-hydrogen) atoms. The van der Waals surface area contributed by atoms with Crippen LogP contribution in [0.4, 0.5) is 13.2 Å². The van der Waals surface area contributed by atoms with E-state index in [0.717, 1.165) is 12.1 Å². The summed E-state index contributed by atoms with van der Waals surface area (Å²) >= 11 is 2.84. The third kappa shape index (κ3) is 2.46. The second-order valence-electron chi connectivity index (χ2n) is 2.39. The molecule has 0 spiro atoms. The van der Waals surface area contributed by atoms with Gasteiger partial charge >= 0.3 is 6.18 Å². The van der Waals surface area contributed by atoms with Crippen LogP contribution in [0, 0.1) is 0 Å². The molecule has 0 saturated carbocycles. The predicted molar refractivity (Wildman–Crippen MR) is 45.5 cm³/mol. The van der Waals surface area contributed by atoms with Crippen molar-refractivity contribution >= 4 is 22.7 Å². The molecule has 2 nitrogen and oxygen atoms in total. The average Bonchev–Trinajstić information content (AvgIpc) is 2.02. The molecule has 0 heterocycles. The lowest BCUT2D eigenvalue weighted by Gasteiger charge is -2.09. The van der Waals surface area contributed by atoms with Crippen LogP contribution in [0.15, 0.2) is 23.1 Å². The highest BCUT2D eigenvalue weighted by Gasteiger charge is 2.33. The van der Waals surface area contributed by atoms with Gasteiger partial charge in [-0.2, -0.15) is 13.2 Å². The van der Waals surface area contributed by atoms with Gasteiger partial charge in [0.15, 0.2) is 11.1 Å². The maximum Gasteiger partial charge on any atom is 0.417 e. The lowest BCUT2D eigenvalue weighted by atomic mass is 10.2. The van der Waals surface area contributed by atoms with Crippen LogP contribution in [0.5, 0.6) is 0 Å². The summed E-state index contributed by atoms with van der Waals surface area (Å²) in [6, 6.07) is 2.56. The Morgan fingerprint density at radius 3 is 2.36 bits per heavy atom. The van der Waals surface area contributed by atoms with E-state index in [9.17, 15) is 17.4 Å². The summed E-state index contributed by atoms with van der Waals surface area (Å²) in [4.78, 5) is -0.332. The van der Waals surface area contributed by atoms with Crippen LogP contribution in [0.25, 0.3) is 0 Å². The predicted octanol–water partition coefficient (Wildman–Crippen LogP) is 2.94. The molecule has 1 N–H and O–H groups in total. The summed E-state index contributed by atoms with van der Waals surface area (Å²) in [6.45, 7) is 0. The van der Waals surface area contributed by atoms with Crippen LogP contribution >= 0.6 is 11.6 Å². The van der Waals surface area contributed by atoms with E-state index in [1.165, 1.54) is 0 Å². The molecule has 0 saturated heterocycles. The Morgan fingerprint density at radius 1 is 1.36 bits per heavy atom. The van der Waals surface area contributed by atoms with Gasteiger partial charge in [-0.3, -0.25) is 0 Å². The van der Waals surface area contributed by atoms with Crippen molar-refractivity contribution < 1.29 is 21.9 Å². The summed E-state index contributed by atoms with van der Waals surface area (Å²) in [5.74, 6) is 0. The first-order valence-corrected chi connectivity index (χ1v) is 4.78. The van der Waals surface area contributed by atoms with E-state index in [0.29, 0.717) is 6.07 Å². The van der Waals surface area contributed by atoms with Gasteiger partial charge in [0.05, 0.1) is 15.5 Å². The molecule has 1 aromatic carbocycles. The molecular formula is C7H4ClF3O2S. The molecule has 1 rings (SSSR count). The summed E-state index contributed by atoms with van der Waals surface area (Å²) in [6.07, 6.45) is -4.62. The molecule has 1 unspecified atom stereocenters. The Balaban J connectivity index is 3.29. The molecule has 0 radical (unpaired) electrons. The van der Waals surface area contributed by atoms with Crippen molar-refractivity contribution in [3.8, 4) is 0 Å². The zero-order chi connectivity index (χ0) is 10.9. The van der Waals surface area contributed by atoms with Gasteiger partial charge in [-0.05, 0) is 18.2 Å². The van der Waals surface area contributed by atoms with Crippen molar-refractivity contribution in [3.63, 3.8) is 0 Å². The van der Waals surface area contributed by atoms with E-state index in [4.69, 9.17) is 16.2 Å². The molecule has 0 fully saturated rings. The van der Waals surface area contributed by atoms with Crippen molar-refractivity contribution in [2.24, 2.45) is 0 Å². The molecule has 0 amide bonds. The van der Waals surface area contributed by atoms with E-state index in [1.807, 2.05) is 0 Å². The number of rotatable bonds is 1. The summed E-state index contributed by atoms with van der Waals surface area (Å²) < 4.78 is 55.7. The first kappa shape index (κ1) is 11.5. The van der Waals surface area contributed by atoms with Crippen LogP contribution in [-0.4, -0.2) is 8.76 Å². The molecule has 1 atom stereocenters. The summed E-state index contributed by atoms with van der Waals surface area (Å²) in [7, 11) is 0. The van der Waals surface area contributed by atoms with Gasteiger partial charge in [0.2, 0.25) is 0 Å². The molecule has 0 aromatic heterocycles. The standard InChI is InChI=1S/C7H4ClF3O2S/c8-6-2-1-4(14(12)13)3-5(6)7(9,10)11/h1-3H,(H,12,13). The number of benzene rings is 1. The van der Waals surface area contributed by atoms with Gasteiger partial charge < -0.3 is 4.55 Å². The van der Waals surface area contributed by atoms with Gasteiger partial charge in [0, 0.05) is 0 Å². The number of halogens is 4. The van der Waals surface area contributed by atoms with Gasteiger partial charge in [0.25, 0.3) is 0 Å². The highest BCUT2D eigenvalue weighted by Crippen LogP contribution is 2.35. The van der Waals surface area contributed by atoms with E-state index < -0.39 is 27.8 Å². The third-order valence-corrected chi connectivity index (χ3v) is 2.43. The minimum Gasteiger partial charge on any atom is -0.302 e. The van der Waals surface area contributed by atoms with E-state index in [-0.39, 0.29) is 4.90 Å². The quantitative estimate of drug-likeness (QED) is 0.771. The van der Waals surface area contributed by atoms with Crippen LogP contribution in [0.1, 0.15) is 5.56 Å². The van der Waals surface area contributed by atoms with Crippen LogP contribution in [-0.2, 0) is 17.3 Å². The lowest BCUT2D eigenvalue weighted by Crippen LogP contribution is -2.06. The van der Waals surface area contributed by atoms with Crippen molar-refractivity contribution in [1.29, 1.82) is 0 Å². The second-order valence-corrected chi connectivity index (χ2v) is 3.77. The highest BCUT2D eigenvalue weighted by molar-refractivity contribution is 7.79. The zero-order valence-corrected chi connectivity index (χ0v) is 8.08. The largest absolute Gasteiger partial charge is 0.417 e. The summed E-state index contributed by atoms with van der Waals surface area (Å²) in [5, 5.41) is -0.494. The number of hydrogen-bond donors (Lipinski definition) is 1. The SMILES string of the molecule is O=S(O)c1ccc(Cl)c(C(F)(F)F)c1. The third-order valence-electron chi connectivity index (χ3n) is 1.44. The van der Waals surface area contributed by atoms with Crippen LogP contribution in [0.3, 0.4) is 0 Å². The minimum absolute atomic E-state index is 0.332. The van der Waals surface area contributed by atoms with Gasteiger partial charge in [-0.1, -0.05) is 11.6 Å². The Bertz CT molecular complexity index is 378. The van der Waals surface area contributed by atoms with Crippen molar-refractivity contribution in [2.75, 3.05) is 0 Å². The summed E-state index contributed by atoms with van der Waals surface area (Å²) in [5.41, 5.74) is -1.11. The number of hydrogen-bond acceptors (Lipinski definition) is 1. The van der Waals surface area contributed by atoms with E-state index >= 15 is 0 Å². The maximum absolute atomic E-state index is 12.2. The molecule has 0 aliphatic rings. The highest BCUT2D eigenvalue weighted by atomic mass is 35.5. The van der Waals surface area contributed by atoms with Crippen LogP contribution in [0.2, 0.25) is 5.02 Å². The monoisotopic (exact) mass is 244 g/mol. The fourth-order valence-corrected chi connectivity index (χ4v) is 1.46. The van der Waals surface area contributed by atoms with E-state index in [1.54, 1.807) is 0 Å². The van der Waals surface area contributed by atoms with Gasteiger partial charge in [-0.15, -0.1) is 0 Å². The van der Waals surface area contributed by atoms with Crippen molar-refractivity contribution in [2.45, 2.75) is 11.1 Å². The fraction of sp³-hybridized carbons (Fsp3) is 0.143. The molecule has 0 bridgehead atoms. The minimum atomic E-state index is -4.62. The molecule has 0 aliphatic carbocycles. The molecule has 1 aromatic rings. The Kier molecular flexibility index (Phi) is 3.18. The first-order valence-electron chi connectivity index (χ1n) is 3.30. The molecular weight excluding hydrogens is 241 g/mol. The number of alkyl halides is 3. The van der Waals surface area contributed by atoms with Crippen LogP contribution < -0.4 is 0 Å². The Morgan fingerprint density at radius 2 is 1.93 bits per heavy atom. The zero-order valence-electron chi connectivity index (χ0n) is 6.51. The first-order chi connectivity index (χ1) is 6.32. The van der Waals surface area contributed by atoms with Gasteiger partial charge in [-0.25, -0.2) is 4.21 Å². The van der Waals surface area contributed by atoms with Crippen molar-refractivity contribution in [1.82, 2.24) is 0 Å². The Labute approximate surface area is 85.0 Å². The lowest BCUT2D eigenvalue weighted by molar-refractivity contribution is -0.137. The normalized spacial score (nSPS) is 14.1. The average molecular weight is 245 g/mol. The maximum atomic E-state index is 12.2. The molecule has 78 valence electrons. The molecule has 0 aliphatic heterocycles. The fourth-order valence-electron chi connectivity index (χ4n) is 0.830. The second kappa shape index (κ2) is 3.88. The van der Waals surface area contributed by atoms with E-state index in [2.05, 4.69) is 0 Å². The molecule has 7 heteroatoms. The topological polar surface area (TPSA) is 37.3 Å². The smallest absolute Gasteiger partial charge is 0.302 e.